The van der Waals surface area contributed by atoms with Crippen molar-refractivity contribution in [3.63, 3.8) is 0 Å². The molecule has 0 bridgehead atoms. The molecule has 2 saturated heterocycles. The van der Waals surface area contributed by atoms with Crippen LogP contribution in [0, 0.1) is 18.8 Å². The molecule has 1 saturated carbocycles. The summed E-state index contributed by atoms with van der Waals surface area (Å²) in [6.07, 6.45) is -0.626. The summed E-state index contributed by atoms with van der Waals surface area (Å²) in [7, 11) is -1.70. The standard InChI is InChI=1S/C20H28F3N3O3S/c1-13-18(3-4-19(24-13)20(21,22)23)30(27,28)26-11-14-9-17(10-15(14)12-26)25(2)16-5-7-29-8-6-16/h3-4,14-17H,5-12H2,1-2H3/t14-,15+,17?. The molecule has 3 heterocycles. The van der Waals surface area contributed by atoms with Crippen molar-refractivity contribution >= 4 is 10.0 Å². The minimum Gasteiger partial charge on any atom is -0.381 e. The lowest BCUT2D eigenvalue weighted by atomic mass is 10.0. The maximum absolute atomic E-state index is 13.1. The summed E-state index contributed by atoms with van der Waals surface area (Å²) < 4.78 is 71.6. The molecule has 2 aliphatic heterocycles. The lowest BCUT2D eigenvalue weighted by Gasteiger charge is -2.36. The molecule has 3 fully saturated rings. The number of ether oxygens (including phenoxy) is 1. The van der Waals surface area contributed by atoms with Crippen LogP contribution in [0.1, 0.15) is 37.1 Å². The van der Waals surface area contributed by atoms with Crippen LogP contribution in [0.4, 0.5) is 13.2 Å². The first kappa shape index (κ1) is 22.0. The Kier molecular flexibility index (Phi) is 5.89. The third-order valence-corrected chi connectivity index (χ3v) is 8.95. The summed E-state index contributed by atoms with van der Waals surface area (Å²) in [5.74, 6) is 0.574. The van der Waals surface area contributed by atoms with E-state index < -0.39 is 21.9 Å². The Balaban J connectivity index is 1.43. The van der Waals surface area contributed by atoms with Gasteiger partial charge in [0, 0.05) is 38.4 Å². The van der Waals surface area contributed by atoms with Gasteiger partial charge in [0.05, 0.1) is 5.69 Å². The number of sulfonamides is 1. The Bertz CT molecular complexity index is 873. The highest BCUT2D eigenvalue weighted by molar-refractivity contribution is 7.89. The highest BCUT2D eigenvalue weighted by atomic mass is 32.2. The maximum Gasteiger partial charge on any atom is 0.433 e. The Morgan fingerprint density at radius 3 is 2.23 bits per heavy atom. The summed E-state index contributed by atoms with van der Waals surface area (Å²) >= 11 is 0. The van der Waals surface area contributed by atoms with Gasteiger partial charge < -0.3 is 9.64 Å². The molecule has 30 heavy (non-hydrogen) atoms. The van der Waals surface area contributed by atoms with Crippen molar-refractivity contribution in [1.82, 2.24) is 14.2 Å². The monoisotopic (exact) mass is 447 g/mol. The summed E-state index contributed by atoms with van der Waals surface area (Å²) in [6, 6.07) is 2.75. The summed E-state index contributed by atoms with van der Waals surface area (Å²) in [5.41, 5.74) is -1.18. The molecule has 6 nitrogen and oxygen atoms in total. The zero-order valence-electron chi connectivity index (χ0n) is 17.2. The number of alkyl halides is 3. The van der Waals surface area contributed by atoms with Crippen LogP contribution in [0.5, 0.6) is 0 Å². The molecule has 1 unspecified atom stereocenters. The summed E-state index contributed by atoms with van der Waals surface area (Å²) in [4.78, 5) is 5.81. The number of pyridine rings is 1. The predicted molar refractivity (Wildman–Crippen MR) is 104 cm³/mol. The van der Waals surface area contributed by atoms with Gasteiger partial charge in [-0.15, -0.1) is 0 Å². The van der Waals surface area contributed by atoms with Gasteiger partial charge >= 0.3 is 6.18 Å². The van der Waals surface area contributed by atoms with Crippen LogP contribution in [-0.4, -0.2) is 68.0 Å². The van der Waals surface area contributed by atoms with E-state index in [1.807, 2.05) is 0 Å². The van der Waals surface area contributed by atoms with Crippen molar-refractivity contribution in [2.45, 2.75) is 55.8 Å². The highest BCUT2D eigenvalue weighted by Gasteiger charge is 2.47. The van der Waals surface area contributed by atoms with E-state index in [9.17, 15) is 21.6 Å². The largest absolute Gasteiger partial charge is 0.433 e. The van der Waals surface area contributed by atoms with E-state index in [0.717, 1.165) is 51.0 Å². The molecule has 0 N–H and O–H groups in total. The van der Waals surface area contributed by atoms with E-state index in [-0.39, 0.29) is 22.4 Å². The van der Waals surface area contributed by atoms with Crippen molar-refractivity contribution in [1.29, 1.82) is 0 Å². The van der Waals surface area contributed by atoms with Crippen LogP contribution in [0.15, 0.2) is 17.0 Å². The molecule has 10 heteroatoms. The van der Waals surface area contributed by atoms with E-state index in [2.05, 4.69) is 16.9 Å². The van der Waals surface area contributed by atoms with Crippen molar-refractivity contribution < 1.29 is 26.3 Å². The normalized spacial score (nSPS) is 28.9. The fourth-order valence-electron chi connectivity index (χ4n) is 5.26. The molecule has 1 aromatic rings. The number of hydrogen-bond donors (Lipinski definition) is 0. The van der Waals surface area contributed by atoms with Gasteiger partial charge in [0.2, 0.25) is 10.0 Å². The third kappa shape index (κ3) is 4.11. The van der Waals surface area contributed by atoms with Gasteiger partial charge in [0.1, 0.15) is 10.6 Å². The second-order valence-corrected chi connectivity index (χ2v) is 10.7. The van der Waals surface area contributed by atoms with E-state index in [1.165, 1.54) is 11.2 Å². The van der Waals surface area contributed by atoms with Crippen LogP contribution < -0.4 is 0 Å². The van der Waals surface area contributed by atoms with Crippen molar-refractivity contribution in [3.8, 4) is 0 Å². The Labute approximate surface area is 175 Å². The molecule has 0 spiro atoms. The molecule has 0 aromatic carbocycles. The second kappa shape index (κ2) is 8.03. The zero-order valence-corrected chi connectivity index (χ0v) is 18.0. The Hall–Kier alpha value is -1.23. The molecular weight excluding hydrogens is 419 g/mol. The smallest absolute Gasteiger partial charge is 0.381 e. The molecule has 1 aromatic heterocycles. The molecule has 3 aliphatic rings. The number of rotatable bonds is 4. The molecule has 0 amide bonds. The molecule has 4 rings (SSSR count). The molecule has 0 radical (unpaired) electrons. The summed E-state index contributed by atoms with van der Waals surface area (Å²) in [6.45, 7) is 3.75. The number of hydrogen-bond acceptors (Lipinski definition) is 5. The number of aryl methyl sites for hydroxylation is 1. The molecule has 168 valence electrons. The van der Waals surface area contributed by atoms with Crippen LogP contribution in [0.25, 0.3) is 0 Å². The minimum absolute atomic E-state index is 0.112. The minimum atomic E-state index is -4.59. The van der Waals surface area contributed by atoms with Crippen molar-refractivity contribution in [3.05, 3.63) is 23.5 Å². The van der Waals surface area contributed by atoms with E-state index in [1.54, 1.807) is 0 Å². The topological polar surface area (TPSA) is 62.7 Å². The first-order valence-corrected chi connectivity index (χ1v) is 11.9. The maximum atomic E-state index is 13.1. The third-order valence-electron chi connectivity index (χ3n) is 6.98. The number of fused-ring (bicyclic) bond motifs is 1. The van der Waals surface area contributed by atoms with Gasteiger partial charge in [0.25, 0.3) is 0 Å². The lowest BCUT2D eigenvalue weighted by molar-refractivity contribution is -0.141. The molecule has 3 atom stereocenters. The number of halogens is 3. The van der Waals surface area contributed by atoms with Crippen LogP contribution in [0.2, 0.25) is 0 Å². The number of nitrogens with zero attached hydrogens (tertiary/aromatic N) is 3. The lowest BCUT2D eigenvalue weighted by Crippen LogP contribution is -2.43. The second-order valence-electron chi connectivity index (χ2n) is 8.75. The van der Waals surface area contributed by atoms with Gasteiger partial charge in [0.15, 0.2) is 0 Å². The zero-order chi connectivity index (χ0) is 21.7. The SMILES string of the molecule is Cc1nc(C(F)(F)F)ccc1S(=O)(=O)N1C[C@H]2CC(N(C)C3CCOCC3)C[C@H]2C1. The molecular formula is C20H28F3N3O3S. The summed E-state index contributed by atoms with van der Waals surface area (Å²) in [5, 5.41) is 0. The van der Waals surface area contributed by atoms with Gasteiger partial charge in [-0.2, -0.15) is 17.5 Å². The fourth-order valence-corrected chi connectivity index (χ4v) is 6.97. The first-order valence-electron chi connectivity index (χ1n) is 10.4. The predicted octanol–water partition coefficient (Wildman–Crippen LogP) is 2.92. The van der Waals surface area contributed by atoms with E-state index in [4.69, 9.17) is 4.74 Å². The van der Waals surface area contributed by atoms with Gasteiger partial charge in [-0.3, -0.25) is 0 Å². The fraction of sp³-hybridized carbons (Fsp3) is 0.750. The Morgan fingerprint density at radius 2 is 1.70 bits per heavy atom. The van der Waals surface area contributed by atoms with Crippen LogP contribution in [-0.2, 0) is 20.9 Å². The van der Waals surface area contributed by atoms with E-state index >= 15 is 0 Å². The van der Waals surface area contributed by atoms with Crippen molar-refractivity contribution in [2.24, 2.45) is 11.8 Å². The van der Waals surface area contributed by atoms with Crippen LogP contribution in [0.3, 0.4) is 0 Å². The number of aromatic nitrogens is 1. The quantitative estimate of drug-likeness (QED) is 0.710. The Morgan fingerprint density at radius 1 is 1.10 bits per heavy atom. The van der Waals surface area contributed by atoms with Crippen LogP contribution >= 0.6 is 0 Å². The van der Waals surface area contributed by atoms with Crippen molar-refractivity contribution in [2.75, 3.05) is 33.4 Å². The first-order chi connectivity index (χ1) is 14.1. The van der Waals surface area contributed by atoms with Gasteiger partial charge in [-0.05, 0) is 63.6 Å². The average molecular weight is 448 g/mol. The average Bonchev–Trinajstić information content (AvgIpc) is 3.27. The van der Waals surface area contributed by atoms with Gasteiger partial charge in [-0.1, -0.05) is 0 Å². The van der Waals surface area contributed by atoms with Gasteiger partial charge in [-0.25, -0.2) is 13.4 Å². The highest BCUT2D eigenvalue weighted by Crippen LogP contribution is 2.43. The van der Waals surface area contributed by atoms with E-state index in [0.29, 0.717) is 25.2 Å². The molecule has 1 aliphatic carbocycles.